The molecule has 5 heteroatoms. The fourth-order valence-corrected chi connectivity index (χ4v) is 4.75. The van der Waals surface area contributed by atoms with Crippen LogP contribution in [-0.4, -0.2) is 47.3 Å². The molecule has 1 aliphatic carbocycles. The largest absolute Gasteiger partial charge is 0.387 e. The molecule has 1 aliphatic heterocycles. The first-order valence-electron chi connectivity index (χ1n) is 9.00. The van der Waals surface area contributed by atoms with Gasteiger partial charge in [0.1, 0.15) is 0 Å². The number of hydrogen-bond acceptors (Lipinski definition) is 3. The van der Waals surface area contributed by atoms with E-state index >= 15 is 0 Å². The van der Waals surface area contributed by atoms with Crippen molar-refractivity contribution in [2.24, 2.45) is 10.9 Å². The smallest absolute Gasteiger partial charge is 0.191 e. The van der Waals surface area contributed by atoms with E-state index in [1.54, 1.807) is 0 Å². The third kappa shape index (κ3) is 5.65. The Morgan fingerprint density at radius 3 is 2.64 bits per heavy atom. The minimum absolute atomic E-state index is 0.514. The second kappa shape index (κ2) is 9.02. The summed E-state index contributed by atoms with van der Waals surface area (Å²) in [6, 6.07) is 0.540. The molecule has 128 valence electrons. The van der Waals surface area contributed by atoms with Crippen molar-refractivity contribution in [1.29, 1.82) is 0 Å². The maximum absolute atomic E-state index is 10.4. The van der Waals surface area contributed by atoms with Gasteiger partial charge in [-0.2, -0.15) is 11.8 Å². The predicted octanol–water partition coefficient (Wildman–Crippen LogP) is 2.77. The van der Waals surface area contributed by atoms with E-state index in [2.05, 4.69) is 29.5 Å². The minimum Gasteiger partial charge on any atom is -0.387 e. The van der Waals surface area contributed by atoms with E-state index in [0.717, 1.165) is 36.3 Å². The summed E-state index contributed by atoms with van der Waals surface area (Å²) in [7, 11) is 0. The fraction of sp³-hybridized carbons (Fsp3) is 0.941. The Bertz CT molecular complexity index is 348. The molecule has 0 aromatic carbocycles. The van der Waals surface area contributed by atoms with Crippen molar-refractivity contribution in [1.82, 2.24) is 10.6 Å². The normalized spacial score (nSPS) is 33.0. The van der Waals surface area contributed by atoms with Crippen LogP contribution in [0, 0.1) is 5.92 Å². The predicted molar refractivity (Wildman–Crippen MR) is 96.7 cm³/mol. The lowest BCUT2D eigenvalue weighted by molar-refractivity contribution is 0.0778. The lowest BCUT2D eigenvalue weighted by Crippen LogP contribution is -2.46. The molecule has 0 aromatic heterocycles. The number of aliphatic hydroxyl groups is 1. The first-order valence-corrected chi connectivity index (χ1v) is 10.2. The van der Waals surface area contributed by atoms with Gasteiger partial charge in [0.2, 0.25) is 0 Å². The number of thioether (sulfide) groups is 1. The first-order chi connectivity index (χ1) is 10.6. The van der Waals surface area contributed by atoms with Gasteiger partial charge < -0.3 is 15.7 Å². The lowest BCUT2D eigenvalue weighted by atomic mass is 9.83. The summed E-state index contributed by atoms with van der Waals surface area (Å²) in [6.07, 6.45) is 8.72. The Morgan fingerprint density at radius 2 is 2.05 bits per heavy atom. The molecule has 0 amide bonds. The Balaban J connectivity index is 1.81. The van der Waals surface area contributed by atoms with Crippen LogP contribution < -0.4 is 10.6 Å². The Kier molecular flexibility index (Phi) is 7.35. The molecule has 3 N–H and O–H groups in total. The van der Waals surface area contributed by atoms with Gasteiger partial charge >= 0.3 is 0 Å². The van der Waals surface area contributed by atoms with Crippen molar-refractivity contribution >= 4 is 17.7 Å². The fourth-order valence-electron chi connectivity index (χ4n) is 3.46. The number of hydrogen-bond donors (Lipinski definition) is 3. The maximum Gasteiger partial charge on any atom is 0.191 e. The molecule has 22 heavy (non-hydrogen) atoms. The molecule has 0 radical (unpaired) electrons. The van der Waals surface area contributed by atoms with Gasteiger partial charge in [-0.15, -0.1) is 0 Å². The Morgan fingerprint density at radius 1 is 1.27 bits per heavy atom. The molecule has 2 fully saturated rings. The van der Waals surface area contributed by atoms with Gasteiger partial charge in [0.15, 0.2) is 5.96 Å². The van der Waals surface area contributed by atoms with Gasteiger partial charge in [-0.1, -0.05) is 19.8 Å². The van der Waals surface area contributed by atoms with Gasteiger partial charge in [0.05, 0.1) is 12.1 Å². The van der Waals surface area contributed by atoms with Gasteiger partial charge in [-0.05, 0) is 50.7 Å². The lowest BCUT2D eigenvalue weighted by Gasteiger charge is -2.30. The van der Waals surface area contributed by atoms with E-state index in [9.17, 15) is 5.11 Å². The molecule has 2 rings (SSSR count). The van der Waals surface area contributed by atoms with Crippen LogP contribution in [-0.2, 0) is 0 Å². The number of guanidine groups is 1. The molecule has 1 atom stereocenters. The molecular formula is C17H33N3OS. The highest BCUT2D eigenvalue weighted by molar-refractivity contribution is 7.99. The first kappa shape index (κ1) is 17.9. The van der Waals surface area contributed by atoms with Crippen LogP contribution in [0.5, 0.6) is 0 Å². The molecule has 0 bridgehead atoms. The van der Waals surface area contributed by atoms with Crippen molar-refractivity contribution in [3.63, 3.8) is 0 Å². The molecule has 0 aromatic rings. The summed E-state index contributed by atoms with van der Waals surface area (Å²) in [5, 5.41) is 17.3. The van der Waals surface area contributed by atoms with Crippen molar-refractivity contribution in [3.05, 3.63) is 0 Å². The van der Waals surface area contributed by atoms with Crippen LogP contribution >= 0.6 is 11.8 Å². The van der Waals surface area contributed by atoms with Crippen molar-refractivity contribution in [3.8, 4) is 0 Å². The summed E-state index contributed by atoms with van der Waals surface area (Å²) in [5.41, 5.74) is -0.591. The van der Waals surface area contributed by atoms with Crippen LogP contribution in [0.15, 0.2) is 4.99 Å². The standard InChI is InChI=1S/C17H33N3OS/c1-3-5-14-6-8-15(9-7-14)20-16(18-4-2)19-12-17(21)10-11-22-13-17/h14-15,21H,3-13H2,1-2H3,(H2,18,19,20). The van der Waals surface area contributed by atoms with Crippen molar-refractivity contribution < 1.29 is 5.11 Å². The molecule has 1 saturated heterocycles. The molecule has 1 heterocycles. The van der Waals surface area contributed by atoms with E-state index in [1.165, 1.54) is 38.5 Å². The van der Waals surface area contributed by atoms with Gasteiger partial charge in [-0.25, -0.2) is 0 Å². The number of aliphatic imine (C=N–C) groups is 1. The summed E-state index contributed by atoms with van der Waals surface area (Å²) in [5.74, 6) is 3.68. The molecule has 1 unspecified atom stereocenters. The second-order valence-corrected chi connectivity index (χ2v) is 7.98. The molecule has 4 nitrogen and oxygen atoms in total. The highest BCUT2D eigenvalue weighted by Crippen LogP contribution is 2.29. The van der Waals surface area contributed by atoms with Gasteiger partial charge in [0, 0.05) is 18.3 Å². The van der Waals surface area contributed by atoms with Crippen LogP contribution in [0.2, 0.25) is 0 Å². The summed E-state index contributed by atoms with van der Waals surface area (Å²) in [4.78, 5) is 4.65. The summed E-state index contributed by atoms with van der Waals surface area (Å²) >= 11 is 1.83. The SMILES string of the molecule is CCCC1CCC(NC(=NCC2(O)CCSC2)NCC)CC1. The number of nitrogens with zero attached hydrogens (tertiary/aromatic N) is 1. The quantitative estimate of drug-likeness (QED) is 0.519. The van der Waals surface area contributed by atoms with E-state index in [0.29, 0.717) is 12.6 Å². The number of rotatable bonds is 6. The third-order valence-corrected chi connectivity index (χ3v) is 6.08. The van der Waals surface area contributed by atoms with Crippen LogP contribution in [0.4, 0.5) is 0 Å². The molecule has 2 aliphatic rings. The van der Waals surface area contributed by atoms with E-state index in [1.807, 2.05) is 11.8 Å². The van der Waals surface area contributed by atoms with Crippen molar-refractivity contribution in [2.75, 3.05) is 24.6 Å². The maximum atomic E-state index is 10.4. The minimum atomic E-state index is -0.591. The van der Waals surface area contributed by atoms with Gasteiger partial charge in [0.25, 0.3) is 0 Å². The van der Waals surface area contributed by atoms with E-state index < -0.39 is 5.60 Å². The highest BCUT2D eigenvalue weighted by atomic mass is 32.2. The monoisotopic (exact) mass is 327 g/mol. The van der Waals surface area contributed by atoms with Crippen molar-refractivity contribution in [2.45, 2.75) is 70.4 Å². The third-order valence-electron chi connectivity index (χ3n) is 4.84. The van der Waals surface area contributed by atoms with E-state index in [-0.39, 0.29) is 0 Å². The zero-order valence-electron chi connectivity index (χ0n) is 14.2. The van der Waals surface area contributed by atoms with E-state index in [4.69, 9.17) is 0 Å². The molecular weight excluding hydrogens is 294 g/mol. The second-order valence-electron chi connectivity index (χ2n) is 6.87. The summed E-state index contributed by atoms with van der Waals surface area (Å²) < 4.78 is 0. The zero-order valence-corrected chi connectivity index (χ0v) is 15.1. The van der Waals surface area contributed by atoms with Gasteiger partial charge in [-0.3, -0.25) is 4.99 Å². The highest BCUT2D eigenvalue weighted by Gasteiger charge is 2.31. The van der Waals surface area contributed by atoms with Crippen LogP contribution in [0.25, 0.3) is 0 Å². The zero-order chi connectivity index (χ0) is 15.8. The average Bonchev–Trinajstić information content (AvgIpc) is 2.95. The van der Waals surface area contributed by atoms with Crippen LogP contribution in [0.3, 0.4) is 0 Å². The van der Waals surface area contributed by atoms with Crippen LogP contribution in [0.1, 0.15) is 58.8 Å². The topological polar surface area (TPSA) is 56.7 Å². The number of nitrogens with one attached hydrogen (secondary N) is 2. The molecule has 0 spiro atoms. The molecule has 1 saturated carbocycles. The Labute approximate surface area is 139 Å². The summed E-state index contributed by atoms with van der Waals surface area (Å²) in [6.45, 7) is 5.76. The Hall–Kier alpha value is -0.420. The average molecular weight is 328 g/mol.